The quantitative estimate of drug-likeness (QED) is 0.517. The summed E-state index contributed by atoms with van der Waals surface area (Å²) in [5.41, 5.74) is 2.44. The number of aryl methyl sites for hydroxylation is 1. The minimum atomic E-state index is -0.151. The van der Waals surface area contributed by atoms with Crippen LogP contribution in [0.25, 0.3) is 21.8 Å². The van der Waals surface area contributed by atoms with E-state index in [1.165, 1.54) is 16.4 Å². The van der Waals surface area contributed by atoms with Gasteiger partial charge in [0.1, 0.15) is 11.3 Å². The zero-order valence-corrected chi connectivity index (χ0v) is 15.2. The van der Waals surface area contributed by atoms with Gasteiger partial charge >= 0.3 is 0 Å². The normalized spacial score (nSPS) is 11.2. The Morgan fingerprint density at radius 1 is 1.08 bits per heavy atom. The lowest BCUT2D eigenvalue weighted by Gasteiger charge is -2.08. The highest BCUT2D eigenvalue weighted by atomic mass is 32.2. The van der Waals surface area contributed by atoms with E-state index in [0.717, 1.165) is 27.2 Å². The minimum Gasteiger partial charge on any atom is -0.497 e. The first kappa shape index (κ1) is 16.5. The summed E-state index contributed by atoms with van der Waals surface area (Å²) < 4.78 is 6.64. The highest BCUT2D eigenvalue weighted by Gasteiger charge is 2.08. The van der Waals surface area contributed by atoms with Gasteiger partial charge in [-0.2, -0.15) is 4.68 Å². The molecule has 0 aliphatic carbocycles. The van der Waals surface area contributed by atoms with Gasteiger partial charge in [0.2, 0.25) is 0 Å². The molecule has 0 bridgehead atoms. The zero-order chi connectivity index (χ0) is 18.1. The van der Waals surface area contributed by atoms with Gasteiger partial charge in [-0.3, -0.25) is 4.79 Å². The van der Waals surface area contributed by atoms with Crippen LogP contribution in [0.1, 0.15) is 5.56 Å². The van der Waals surface area contributed by atoms with E-state index in [9.17, 15) is 4.79 Å². The molecule has 130 valence electrons. The van der Waals surface area contributed by atoms with Crippen molar-refractivity contribution >= 4 is 33.6 Å². The molecule has 0 amide bonds. The second kappa shape index (κ2) is 6.76. The number of hydrogen-bond donors (Lipinski definition) is 0. The van der Waals surface area contributed by atoms with Gasteiger partial charge in [0.05, 0.1) is 28.9 Å². The molecule has 26 heavy (non-hydrogen) atoms. The fourth-order valence-corrected chi connectivity index (χ4v) is 3.63. The Labute approximate surface area is 153 Å². The summed E-state index contributed by atoms with van der Waals surface area (Å²) in [6.07, 6.45) is 0. The van der Waals surface area contributed by atoms with Crippen LogP contribution in [0.15, 0.2) is 58.4 Å². The lowest BCUT2D eigenvalue weighted by atomic mass is 10.1. The Morgan fingerprint density at radius 2 is 1.92 bits per heavy atom. The van der Waals surface area contributed by atoms with E-state index in [2.05, 4.69) is 15.3 Å². The molecule has 0 unspecified atom stereocenters. The van der Waals surface area contributed by atoms with Crippen molar-refractivity contribution in [2.75, 3.05) is 7.11 Å². The van der Waals surface area contributed by atoms with Crippen LogP contribution in [0.2, 0.25) is 0 Å². The molecule has 0 spiro atoms. The predicted octanol–water partition coefficient (Wildman–Crippen LogP) is 3.41. The van der Waals surface area contributed by atoms with Gasteiger partial charge in [-0.25, -0.2) is 4.98 Å². The number of benzene rings is 2. The Kier molecular flexibility index (Phi) is 4.30. The number of methoxy groups -OCH3 is 1. The highest BCUT2D eigenvalue weighted by molar-refractivity contribution is 7.98. The fourth-order valence-electron chi connectivity index (χ4n) is 2.79. The van der Waals surface area contributed by atoms with E-state index in [1.807, 2.05) is 43.3 Å². The van der Waals surface area contributed by atoms with Crippen LogP contribution in [0.5, 0.6) is 5.75 Å². The number of fused-ring (bicyclic) bond motifs is 2. The maximum Gasteiger partial charge on any atom is 0.278 e. The molecule has 0 fully saturated rings. The molecular weight excluding hydrogens is 348 g/mol. The summed E-state index contributed by atoms with van der Waals surface area (Å²) in [6.45, 7) is 2.04. The molecule has 2 aromatic carbocycles. The first-order chi connectivity index (χ1) is 12.7. The van der Waals surface area contributed by atoms with Gasteiger partial charge in [-0.1, -0.05) is 29.1 Å². The molecule has 4 rings (SSSR count). The third kappa shape index (κ3) is 3.01. The third-order valence-corrected chi connectivity index (χ3v) is 5.04. The van der Waals surface area contributed by atoms with Crippen LogP contribution in [0, 0.1) is 6.92 Å². The molecule has 0 N–H and O–H groups in total. The molecule has 0 atom stereocenters. The Bertz CT molecular complexity index is 1170. The van der Waals surface area contributed by atoms with Crippen molar-refractivity contribution in [2.45, 2.75) is 17.8 Å². The van der Waals surface area contributed by atoms with Gasteiger partial charge in [0.15, 0.2) is 0 Å². The van der Waals surface area contributed by atoms with Gasteiger partial charge < -0.3 is 4.74 Å². The minimum absolute atomic E-state index is 0.151. The van der Waals surface area contributed by atoms with Crippen molar-refractivity contribution in [3.05, 3.63) is 64.4 Å². The van der Waals surface area contributed by atoms with Gasteiger partial charge in [-0.05, 0) is 42.8 Å². The second-order valence-corrected chi connectivity index (χ2v) is 6.81. The Balaban J connectivity index is 1.65. The summed E-state index contributed by atoms with van der Waals surface area (Å²) in [6, 6.07) is 15.1. The number of thioether (sulfide) groups is 1. The van der Waals surface area contributed by atoms with Crippen molar-refractivity contribution < 1.29 is 4.74 Å². The van der Waals surface area contributed by atoms with Crippen molar-refractivity contribution in [3.8, 4) is 5.75 Å². The zero-order valence-electron chi connectivity index (χ0n) is 14.3. The van der Waals surface area contributed by atoms with Crippen LogP contribution in [0.3, 0.4) is 0 Å². The summed E-state index contributed by atoms with van der Waals surface area (Å²) in [5, 5.41) is 10.6. The third-order valence-electron chi connectivity index (χ3n) is 4.16. The van der Waals surface area contributed by atoms with Crippen molar-refractivity contribution in [1.82, 2.24) is 20.0 Å². The summed E-state index contributed by atoms with van der Waals surface area (Å²) in [4.78, 5) is 17.2. The molecule has 2 aromatic heterocycles. The summed E-state index contributed by atoms with van der Waals surface area (Å²) >= 11 is 1.45. The molecule has 0 saturated heterocycles. The molecular formula is C19H16N4O2S. The molecule has 0 aliphatic rings. The van der Waals surface area contributed by atoms with Gasteiger partial charge in [0, 0.05) is 11.5 Å². The number of pyridine rings is 1. The van der Waals surface area contributed by atoms with E-state index in [4.69, 9.17) is 4.74 Å². The monoisotopic (exact) mass is 364 g/mol. The van der Waals surface area contributed by atoms with Crippen molar-refractivity contribution in [3.63, 3.8) is 0 Å². The number of hydrogen-bond acceptors (Lipinski definition) is 6. The maximum absolute atomic E-state index is 12.5. The van der Waals surface area contributed by atoms with E-state index in [-0.39, 0.29) is 5.56 Å². The lowest BCUT2D eigenvalue weighted by Crippen LogP contribution is -2.23. The maximum atomic E-state index is 12.5. The molecule has 0 aliphatic heterocycles. The van der Waals surface area contributed by atoms with Crippen molar-refractivity contribution in [1.29, 1.82) is 0 Å². The average Bonchev–Trinajstić information content (AvgIpc) is 2.67. The van der Waals surface area contributed by atoms with E-state index < -0.39 is 0 Å². The molecule has 7 heteroatoms. The van der Waals surface area contributed by atoms with Crippen LogP contribution in [-0.2, 0) is 5.88 Å². The molecule has 0 radical (unpaired) electrons. The first-order valence-corrected chi connectivity index (χ1v) is 9.05. The average molecular weight is 364 g/mol. The number of rotatable bonds is 4. The summed E-state index contributed by atoms with van der Waals surface area (Å²) in [5.74, 6) is 1.11. The first-order valence-electron chi connectivity index (χ1n) is 8.06. The lowest BCUT2D eigenvalue weighted by molar-refractivity contribution is 0.415. The SMILES string of the molecule is COc1ccc2c(C)cc(SCn3nnc4ccccc4c3=O)nc2c1. The van der Waals surface area contributed by atoms with Gasteiger partial charge in [0.25, 0.3) is 5.56 Å². The fraction of sp³-hybridized carbons (Fsp3) is 0.158. The molecule has 6 nitrogen and oxygen atoms in total. The molecule has 0 saturated carbocycles. The van der Waals surface area contributed by atoms with Crippen LogP contribution in [-0.4, -0.2) is 27.1 Å². The number of aromatic nitrogens is 4. The predicted molar refractivity (Wildman–Crippen MR) is 103 cm³/mol. The van der Waals surface area contributed by atoms with Crippen LogP contribution >= 0.6 is 11.8 Å². The number of nitrogens with zero attached hydrogens (tertiary/aromatic N) is 4. The highest BCUT2D eigenvalue weighted by Crippen LogP contribution is 2.27. The Morgan fingerprint density at radius 3 is 2.77 bits per heavy atom. The topological polar surface area (TPSA) is 69.9 Å². The van der Waals surface area contributed by atoms with Gasteiger partial charge in [-0.15, -0.1) is 5.10 Å². The second-order valence-electron chi connectivity index (χ2n) is 5.85. The van der Waals surface area contributed by atoms with Crippen molar-refractivity contribution in [2.24, 2.45) is 0 Å². The Hall–Kier alpha value is -2.93. The number of ether oxygens (including phenoxy) is 1. The van der Waals surface area contributed by atoms with E-state index in [0.29, 0.717) is 16.8 Å². The van der Waals surface area contributed by atoms with E-state index in [1.54, 1.807) is 19.2 Å². The summed E-state index contributed by atoms with van der Waals surface area (Å²) in [7, 11) is 1.64. The molecule has 2 heterocycles. The smallest absolute Gasteiger partial charge is 0.278 e. The molecule has 4 aromatic rings. The van der Waals surface area contributed by atoms with Crippen LogP contribution < -0.4 is 10.3 Å². The van der Waals surface area contributed by atoms with E-state index >= 15 is 0 Å². The van der Waals surface area contributed by atoms with Crippen LogP contribution in [0.4, 0.5) is 0 Å². The standard InChI is InChI=1S/C19H16N4O2S/c1-12-9-18(20-17-10-13(25-2)7-8-14(12)17)26-11-23-19(24)15-5-3-4-6-16(15)21-22-23/h3-10H,11H2,1-2H3. The largest absolute Gasteiger partial charge is 0.497 e.